The summed E-state index contributed by atoms with van der Waals surface area (Å²) in [5, 5.41) is 0. The van der Waals surface area contributed by atoms with E-state index in [9.17, 15) is 0 Å². The van der Waals surface area contributed by atoms with Crippen LogP contribution in [0.4, 0.5) is 0 Å². The van der Waals surface area contributed by atoms with E-state index in [4.69, 9.17) is 0 Å². The van der Waals surface area contributed by atoms with E-state index in [0.717, 1.165) is 17.6 Å². The average Bonchev–Trinajstić information content (AvgIpc) is 2.18. The molecule has 0 heterocycles. The molecule has 2 aliphatic carbocycles. The van der Waals surface area contributed by atoms with E-state index in [1.807, 2.05) is 12.5 Å². The van der Waals surface area contributed by atoms with E-state index in [1.54, 1.807) is 0 Å². The molecule has 0 bridgehead atoms. The highest BCUT2D eigenvalue weighted by Gasteiger charge is 2.11. The average molecular weight is 181 g/mol. The maximum absolute atomic E-state index is 3.97. The fraction of sp³-hybridized carbons (Fsp3) is 0.0714. The molecule has 2 aliphatic rings. The summed E-state index contributed by atoms with van der Waals surface area (Å²) in [7, 11) is 0. The first-order valence-electron chi connectivity index (χ1n) is 4.74. The van der Waals surface area contributed by atoms with Crippen LogP contribution in [-0.2, 0) is 0 Å². The molecule has 68 valence electrons. The van der Waals surface area contributed by atoms with Gasteiger partial charge in [-0.3, -0.25) is 0 Å². The molecular formula is C14H13+. The minimum absolute atomic E-state index is 0.966. The van der Waals surface area contributed by atoms with Gasteiger partial charge in [0.2, 0.25) is 0 Å². The molecule has 2 rings (SSSR count). The topological polar surface area (TPSA) is 0 Å². The van der Waals surface area contributed by atoms with Crippen molar-refractivity contribution >= 4 is 0 Å². The van der Waals surface area contributed by atoms with Crippen LogP contribution < -0.4 is 0 Å². The molecular weight excluding hydrogens is 168 g/mol. The van der Waals surface area contributed by atoms with Crippen molar-refractivity contribution in [2.24, 2.45) is 0 Å². The van der Waals surface area contributed by atoms with Gasteiger partial charge in [-0.05, 0) is 19.1 Å². The molecule has 0 N–H and O–H groups in total. The zero-order chi connectivity index (χ0) is 9.97. The van der Waals surface area contributed by atoms with Crippen molar-refractivity contribution in [3.05, 3.63) is 78.3 Å². The Kier molecular flexibility index (Phi) is 2.28. The van der Waals surface area contributed by atoms with E-state index in [-0.39, 0.29) is 0 Å². The molecule has 0 fully saturated rings. The third-order valence-electron chi connectivity index (χ3n) is 2.30. The summed E-state index contributed by atoms with van der Waals surface area (Å²) in [5.41, 5.74) is 4.66. The van der Waals surface area contributed by atoms with Crippen LogP contribution in [0.3, 0.4) is 0 Å². The van der Waals surface area contributed by atoms with Gasteiger partial charge < -0.3 is 0 Å². The smallest absolute Gasteiger partial charge is 0.0894 e. The van der Waals surface area contributed by atoms with Gasteiger partial charge in [0, 0.05) is 30.2 Å². The SMILES string of the molecule is C=C1C=C(C2=CC(=C)CC=C2)C=C[CH+]1. The summed E-state index contributed by atoms with van der Waals surface area (Å²) in [6.45, 7) is 7.89. The van der Waals surface area contributed by atoms with Crippen LogP contribution in [-0.4, -0.2) is 0 Å². The molecule has 14 heavy (non-hydrogen) atoms. The van der Waals surface area contributed by atoms with Crippen molar-refractivity contribution < 1.29 is 0 Å². The van der Waals surface area contributed by atoms with Gasteiger partial charge in [-0.2, -0.15) is 0 Å². The molecule has 0 aliphatic heterocycles. The Morgan fingerprint density at radius 2 is 1.86 bits per heavy atom. The molecule has 0 spiro atoms. The van der Waals surface area contributed by atoms with Crippen molar-refractivity contribution in [3.63, 3.8) is 0 Å². The van der Waals surface area contributed by atoms with Crippen LogP contribution in [0.25, 0.3) is 0 Å². The van der Waals surface area contributed by atoms with Crippen molar-refractivity contribution in [1.29, 1.82) is 0 Å². The summed E-state index contributed by atoms with van der Waals surface area (Å²) < 4.78 is 0. The van der Waals surface area contributed by atoms with E-state index < -0.39 is 0 Å². The molecule has 0 aromatic rings. The quantitative estimate of drug-likeness (QED) is 0.541. The van der Waals surface area contributed by atoms with Crippen molar-refractivity contribution in [2.75, 3.05) is 0 Å². The Bertz CT molecular complexity index is 358. The first-order chi connectivity index (χ1) is 6.75. The zero-order valence-electron chi connectivity index (χ0n) is 8.16. The summed E-state index contributed by atoms with van der Waals surface area (Å²) in [6, 6.07) is 0. The highest BCUT2D eigenvalue weighted by molar-refractivity contribution is 5.57. The van der Waals surface area contributed by atoms with Crippen LogP contribution in [0.15, 0.2) is 71.9 Å². The van der Waals surface area contributed by atoms with Crippen LogP contribution in [0.1, 0.15) is 6.42 Å². The Labute approximate surface area is 85.3 Å². The lowest BCUT2D eigenvalue weighted by Gasteiger charge is -2.08. The number of allylic oxidation sites excluding steroid dienone is 10. The highest BCUT2D eigenvalue weighted by atomic mass is 14.1. The normalized spacial score (nSPS) is 20.3. The first kappa shape index (κ1) is 8.89. The van der Waals surface area contributed by atoms with E-state index in [2.05, 4.69) is 43.5 Å². The van der Waals surface area contributed by atoms with Crippen molar-refractivity contribution in [1.82, 2.24) is 0 Å². The standard InChI is InChI=1S/C14H13/c1-11-5-3-7-13(9-11)14-8-4-6-12(2)10-14/h3-5,7-10H,1-2,6H2/q+1. The largest absolute Gasteiger partial charge is 0.0955 e. The Morgan fingerprint density at radius 1 is 1.07 bits per heavy atom. The Hall–Kier alpha value is -1.69. The number of hydrogen-bond acceptors (Lipinski definition) is 0. The molecule has 0 aromatic carbocycles. The lowest BCUT2D eigenvalue weighted by Crippen LogP contribution is -1.94. The third-order valence-corrected chi connectivity index (χ3v) is 2.30. The lowest BCUT2D eigenvalue weighted by atomic mass is 9.92. The minimum atomic E-state index is 0.966. The second-order valence-corrected chi connectivity index (χ2v) is 3.56. The van der Waals surface area contributed by atoms with Gasteiger partial charge in [-0.1, -0.05) is 24.3 Å². The summed E-state index contributed by atoms with van der Waals surface area (Å²) in [5.74, 6) is 0. The molecule has 0 amide bonds. The second kappa shape index (κ2) is 3.59. The van der Waals surface area contributed by atoms with Crippen molar-refractivity contribution in [2.45, 2.75) is 6.42 Å². The minimum Gasteiger partial charge on any atom is -0.0955 e. The summed E-state index contributed by atoms with van der Waals surface area (Å²) >= 11 is 0. The van der Waals surface area contributed by atoms with E-state index in [1.165, 1.54) is 11.1 Å². The van der Waals surface area contributed by atoms with Crippen LogP contribution in [0, 0.1) is 6.42 Å². The van der Waals surface area contributed by atoms with Crippen LogP contribution in [0.5, 0.6) is 0 Å². The maximum atomic E-state index is 3.97. The van der Waals surface area contributed by atoms with Crippen LogP contribution >= 0.6 is 0 Å². The highest BCUT2D eigenvalue weighted by Crippen LogP contribution is 2.25. The van der Waals surface area contributed by atoms with E-state index in [0.29, 0.717) is 0 Å². The zero-order valence-corrected chi connectivity index (χ0v) is 8.16. The van der Waals surface area contributed by atoms with Gasteiger partial charge in [0.15, 0.2) is 0 Å². The summed E-state index contributed by atoms with van der Waals surface area (Å²) in [4.78, 5) is 0. The molecule has 0 saturated heterocycles. The Morgan fingerprint density at radius 3 is 2.57 bits per heavy atom. The molecule has 0 saturated carbocycles. The number of rotatable bonds is 1. The lowest BCUT2D eigenvalue weighted by molar-refractivity contribution is 1.24. The van der Waals surface area contributed by atoms with Gasteiger partial charge >= 0.3 is 0 Å². The van der Waals surface area contributed by atoms with Gasteiger partial charge in [0.05, 0.1) is 11.1 Å². The Balaban J connectivity index is 2.31. The van der Waals surface area contributed by atoms with Gasteiger partial charge in [0.25, 0.3) is 0 Å². The molecule has 0 aromatic heterocycles. The molecule has 0 atom stereocenters. The van der Waals surface area contributed by atoms with Gasteiger partial charge in [-0.15, -0.1) is 0 Å². The third kappa shape index (κ3) is 1.80. The molecule has 0 heteroatoms. The van der Waals surface area contributed by atoms with Gasteiger partial charge in [0.1, 0.15) is 0 Å². The predicted octanol–water partition coefficient (Wildman–Crippen LogP) is 3.69. The molecule has 0 radical (unpaired) electrons. The van der Waals surface area contributed by atoms with Crippen LogP contribution in [0.2, 0.25) is 0 Å². The number of hydrogen-bond donors (Lipinski definition) is 0. The maximum Gasteiger partial charge on any atom is 0.0894 e. The van der Waals surface area contributed by atoms with Crippen molar-refractivity contribution in [3.8, 4) is 0 Å². The van der Waals surface area contributed by atoms with Gasteiger partial charge in [-0.25, -0.2) is 0 Å². The molecule has 0 nitrogen and oxygen atoms in total. The van der Waals surface area contributed by atoms with E-state index >= 15 is 0 Å². The first-order valence-corrected chi connectivity index (χ1v) is 4.74. The second-order valence-electron chi connectivity index (χ2n) is 3.56. The monoisotopic (exact) mass is 181 g/mol. The molecule has 0 unspecified atom stereocenters. The fourth-order valence-corrected chi connectivity index (χ4v) is 1.59. The summed E-state index contributed by atoms with van der Waals surface area (Å²) in [6.07, 6.45) is 15.6. The fourth-order valence-electron chi connectivity index (χ4n) is 1.59. The predicted molar refractivity (Wildman–Crippen MR) is 61.6 cm³/mol.